The minimum atomic E-state index is -0.474. The summed E-state index contributed by atoms with van der Waals surface area (Å²) in [7, 11) is 0. The quantitative estimate of drug-likeness (QED) is 0.749. The summed E-state index contributed by atoms with van der Waals surface area (Å²) < 4.78 is 5.33. The minimum absolute atomic E-state index is 0.207. The van der Waals surface area contributed by atoms with Crippen molar-refractivity contribution in [3.8, 4) is 0 Å². The van der Waals surface area contributed by atoms with E-state index in [1.165, 1.54) is 0 Å². The second-order valence-electron chi connectivity index (χ2n) is 5.43. The number of ether oxygens (including phenoxy) is 1. The van der Waals surface area contributed by atoms with Crippen molar-refractivity contribution < 1.29 is 14.6 Å². The summed E-state index contributed by atoms with van der Waals surface area (Å²) in [5.41, 5.74) is -0.474. The number of piperidine rings is 1. The van der Waals surface area contributed by atoms with Crippen LogP contribution in [0, 0.1) is 0 Å². The van der Waals surface area contributed by atoms with E-state index in [9.17, 15) is 9.90 Å². The van der Waals surface area contributed by atoms with Crippen molar-refractivity contribution in [2.24, 2.45) is 0 Å². The van der Waals surface area contributed by atoms with Gasteiger partial charge in [-0.3, -0.25) is 0 Å². The molecule has 0 aliphatic carbocycles. The van der Waals surface area contributed by atoms with Crippen molar-refractivity contribution in [2.75, 3.05) is 6.54 Å². The third-order valence-corrected chi connectivity index (χ3v) is 2.78. The van der Waals surface area contributed by atoms with E-state index >= 15 is 0 Å². The second kappa shape index (κ2) is 5.04. The first-order chi connectivity index (χ1) is 7.33. The van der Waals surface area contributed by atoms with E-state index in [0.29, 0.717) is 6.54 Å². The first-order valence-electron chi connectivity index (χ1n) is 6.01. The van der Waals surface area contributed by atoms with Crippen LogP contribution in [0.5, 0.6) is 0 Å². The van der Waals surface area contributed by atoms with E-state index in [1.54, 1.807) is 4.90 Å². The zero-order chi connectivity index (χ0) is 12.3. The Morgan fingerprint density at radius 1 is 1.44 bits per heavy atom. The van der Waals surface area contributed by atoms with Gasteiger partial charge < -0.3 is 14.7 Å². The second-order valence-corrected chi connectivity index (χ2v) is 5.43. The van der Waals surface area contributed by atoms with E-state index in [0.717, 1.165) is 19.3 Å². The number of carbonyl (C=O) groups is 1. The number of hydrogen-bond donors (Lipinski definition) is 1. The molecule has 0 radical (unpaired) electrons. The van der Waals surface area contributed by atoms with Gasteiger partial charge in [-0.05, 0) is 40.0 Å². The lowest BCUT2D eigenvalue weighted by atomic mass is 9.99. The first kappa shape index (κ1) is 13.3. The van der Waals surface area contributed by atoms with Gasteiger partial charge in [0.2, 0.25) is 0 Å². The Morgan fingerprint density at radius 2 is 2.06 bits per heavy atom. The average molecular weight is 229 g/mol. The van der Waals surface area contributed by atoms with Gasteiger partial charge >= 0.3 is 6.09 Å². The number of carbonyl (C=O) groups excluding carboxylic acids is 1. The Balaban J connectivity index is 2.63. The SMILES string of the molecule is CCC1CCC(O)CN1C(=O)OC(C)(C)C. The summed E-state index contributed by atoms with van der Waals surface area (Å²) in [5, 5.41) is 9.59. The zero-order valence-corrected chi connectivity index (χ0v) is 10.7. The fourth-order valence-electron chi connectivity index (χ4n) is 1.98. The molecule has 2 unspecified atom stereocenters. The van der Waals surface area contributed by atoms with Crippen LogP contribution in [-0.2, 0) is 4.74 Å². The van der Waals surface area contributed by atoms with Crippen LogP contribution >= 0.6 is 0 Å². The minimum Gasteiger partial charge on any atom is -0.444 e. The molecule has 4 heteroatoms. The molecule has 0 spiro atoms. The lowest BCUT2D eigenvalue weighted by Gasteiger charge is -2.38. The summed E-state index contributed by atoms with van der Waals surface area (Å²) >= 11 is 0. The molecule has 0 aromatic rings. The zero-order valence-electron chi connectivity index (χ0n) is 10.7. The molecule has 1 saturated heterocycles. The van der Waals surface area contributed by atoms with Crippen LogP contribution in [0.4, 0.5) is 4.79 Å². The highest BCUT2D eigenvalue weighted by atomic mass is 16.6. The number of likely N-dealkylation sites (tertiary alicyclic amines) is 1. The standard InChI is InChI=1S/C12H23NO3/c1-5-9-6-7-10(14)8-13(9)11(15)16-12(2,3)4/h9-10,14H,5-8H2,1-4H3. The van der Waals surface area contributed by atoms with E-state index in [4.69, 9.17) is 4.74 Å². The maximum absolute atomic E-state index is 11.9. The smallest absolute Gasteiger partial charge is 0.410 e. The molecule has 1 N–H and O–H groups in total. The van der Waals surface area contributed by atoms with Gasteiger partial charge in [-0.1, -0.05) is 6.92 Å². The van der Waals surface area contributed by atoms with Crippen molar-refractivity contribution >= 4 is 6.09 Å². The van der Waals surface area contributed by atoms with Crippen LogP contribution in [0.15, 0.2) is 0 Å². The number of amides is 1. The molecule has 0 aromatic carbocycles. The van der Waals surface area contributed by atoms with Gasteiger partial charge in [-0.25, -0.2) is 4.79 Å². The van der Waals surface area contributed by atoms with E-state index in [-0.39, 0.29) is 12.1 Å². The normalized spacial score (nSPS) is 26.7. The van der Waals surface area contributed by atoms with Gasteiger partial charge in [0, 0.05) is 6.04 Å². The maximum Gasteiger partial charge on any atom is 0.410 e. The van der Waals surface area contributed by atoms with Crippen LogP contribution in [-0.4, -0.2) is 40.4 Å². The summed E-state index contributed by atoms with van der Waals surface area (Å²) in [6, 6.07) is 0.207. The van der Waals surface area contributed by atoms with Gasteiger partial charge in [0.1, 0.15) is 5.60 Å². The largest absolute Gasteiger partial charge is 0.444 e. The lowest BCUT2D eigenvalue weighted by Crippen LogP contribution is -2.50. The van der Waals surface area contributed by atoms with Crippen LogP contribution in [0.25, 0.3) is 0 Å². The molecule has 1 amide bonds. The molecule has 0 saturated carbocycles. The fourth-order valence-corrected chi connectivity index (χ4v) is 1.98. The van der Waals surface area contributed by atoms with Gasteiger partial charge in [0.05, 0.1) is 12.6 Å². The van der Waals surface area contributed by atoms with Crippen LogP contribution in [0.1, 0.15) is 47.0 Å². The number of β-amino-alcohol motifs (C(OH)–C–C–N with tert-alkyl or cyclic N) is 1. The molecule has 1 aliphatic rings. The molecule has 1 heterocycles. The van der Waals surface area contributed by atoms with Crippen molar-refractivity contribution in [1.29, 1.82) is 0 Å². The monoisotopic (exact) mass is 229 g/mol. The highest BCUT2D eigenvalue weighted by molar-refractivity contribution is 5.68. The molecular weight excluding hydrogens is 206 g/mol. The van der Waals surface area contributed by atoms with Gasteiger partial charge in [-0.2, -0.15) is 0 Å². The predicted molar refractivity (Wildman–Crippen MR) is 62.3 cm³/mol. The number of hydrogen-bond acceptors (Lipinski definition) is 3. The average Bonchev–Trinajstić information content (AvgIpc) is 2.15. The van der Waals surface area contributed by atoms with Gasteiger partial charge in [0.25, 0.3) is 0 Å². The van der Waals surface area contributed by atoms with Gasteiger partial charge in [0.15, 0.2) is 0 Å². The summed E-state index contributed by atoms with van der Waals surface area (Å²) in [5.74, 6) is 0. The first-order valence-corrected chi connectivity index (χ1v) is 6.01. The number of nitrogens with zero attached hydrogens (tertiary/aromatic N) is 1. The highest BCUT2D eigenvalue weighted by Crippen LogP contribution is 2.22. The maximum atomic E-state index is 11.9. The Labute approximate surface area is 97.6 Å². The number of rotatable bonds is 1. The van der Waals surface area contributed by atoms with E-state index in [1.807, 2.05) is 20.8 Å². The van der Waals surface area contributed by atoms with Crippen molar-refractivity contribution in [3.63, 3.8) is 0 Å². The molecule has 2 atom stereocenters. The van der Waals surface area contributed by atoms with Crippen molar-refractivity contribution in [1.82, 2.24) is 4.90 Å². The van der Waals surface area contributed by atoms with E-state index < -0.39 is 11.7 Å². The van der Waals surface area contributed by atoms with Crippen molar-refractivity contribution in [3.05, 3.63) is 0 Å². The summed E-state index contributed by atoms with van der Waals surface area (Å²) in [6.07, 6.45) is 1.83. The summed E-state index contributed by atoms with van der Waals surface area (Å²) in [4.78, 5) is 13.6. The fraction of sp³-hybridized carbons (Fsp3) is 0.917. The van der Waals surface area contributed by atoms with Crippen LogP contribution < -0.4 is 0 Å². The Kier molecular flexibility index (Phi) is 4.19. The molecule has 16 heavy (non-hydrogen) atoms. The Hall–Kier alpha value is -0.770. The van der Waals surface area contributed by atoms with Crippen molar-refractivity contribution in [2.45, 2.75) is 64.7 Å². The molecule has 0 aromatic heterocycles. The third-order valence-electron chi connectivity index (χ3n) is 2.78. The molecular formula is C12H23NO3. The topological polar surface area (TPSA) is 49.8 Å². The molecule has 1 fully saturated rings. The molecule has 4 nitrogen and oxygen atoms in total. The summed E-state index contributed by atoms with van der Waals surface area (Å²) in [6.45, 7) is 8.01. The molecule has 0 bridgehead atoms. The Morgan fingerprint density at radius 3 is 2.56 bits per heavy atom. The predicted octanol–water partition coefficient (Wildman–Crippen LogP) is 2.16. The lowest BCUT2D eigenvalue weighted by molar-refractivity contribution is -0.0134. The highest BCUT2D eigenvalue weighted by Gasteiger charge is 2.32. The van der Waals surface area contributed by atoms with E-state index in [2.05, 4.69) is 6.92 Å². The van der Waals surface area contributed by atoms with Gasteiger partial charge in [-0.15, -0.1) is 0 Å². The molecule has 1 aliphatic heterocycles. The molecule has 1 rings (SSSR count). The third kappa shape index (κ3) is 3.67. The number of aliphatic hydroxyl groups is 1. The number of aliphatic hydroxyl groups excluding tert-OH is 1. The molecule has 94 valence electrons. The van der Waals surface area contributed by atoms with Crippen LogP contribution in [0.3, 0.4) is 0 Å². The van der Waals surface area contributed by atoms with Crippen LogP contribution in [0.2, 0.25) is 0 Å². The Bertz CT molecular complexity index is 247.